The van der Waals surface area contributed by atoms with E-state index in [0.717, 1.165) is 18.3 Å². The summed E-state index contributed by atoms with van der Waals surface area (Å²) in [4.78, 5) is 11.1. The Balaban J connectivity index is 2.40. The van der Waals surface area contributed by atoms with Gasteiger partial charge in [0, 0.05) is 5.56 Å². The molecule has 0 heterocycles. The Morgan fingerprint density at radius 3 is 1.71 bits per heavy atom. The Labute approximate surface area is 150 Å². The van der Waals surface area contributed by atoms with Crippen LogP contribution in [0.25, 0.3) is 0 Å². The van der Waals surface area contributed by atoms with Gasteiger partial charge in [0.25, 0.3) is 0 Å². The summed E-state index contributed by atoms with van der Waals surface area (Å²) in [5.74, 6) is 0. The highest BCUT2D eigenvalue weighted by atomic mass is 16.1. The minimum absolute atomic E-state index is 0.836. The monoisotopic (exact) mass is 330 g/mol. The maximum Gasteiger partial charge on any atom is 0.150 e. The minimum atomic E-state index is 0.836. The number of aryl methyl sites for hydroxylation is 2. The molecule has 136 valence electrons. The van der Waals surface area contributed by atoms with E-state index in [9.17, 15) is 4.79 Å². The van der Waals surface area contributed by atoms with Gasteiger partial charge in [-0.05, 0) is 42.9 Å². The van der Waals surface area contributed by atoms with Crippen LogP contribution in [0.2, 0.25) is 0 Å². The molecule has 0 fully saturated rings. The van der Waals surface area contributed by atoms with Crippen LogP contribution in [0.3, 0.4) is 0 Å². The lowest BCUT2D eigenvalue weighted by Crippen LogP contribution is -1.98. The second-order valence-electron chi connectivity index (χ2n) is 7.18. The molecule has 0 saturated carbocycles. The van der Waals surface area contributed by atoms with E-state index >= 15 is 0 Å². The van der Waals surface area contributed by atoms with Crippen molar-refractivity contribution in [3.8, 4) is 0 Å². The van der Waals surface area contributed by atoms with Crippen molar-refractivity contribution in [3.05, 3.63) is 34.9 Å². The molecule has 1 rings (SSSR count). The first kappa shape index (κ1) is 20.9. The molecule has 1 aromatic rings. The van der Waals surface area contributed by atoms with Gasteiger partial charge in [0.05, 0.1) is 0 Å². The van der Waals surface area contributed by atoms with Crippen molar-refractivity contribution >= 4 is 6.29 Å². The first-order valence-electron chi connectivity index (χ1n) is 10.4. The van der Waals surface area contributed by atoms with Crippen molar-refractivity contribution in [2.75, 3.05) is 0 Å². The van der Waals surface area contributed by atoms with Gasteiger partial charge in [-0.15, -0.1) is 0 Å². The molecule has 0 aliphatic heterocycles. The molecule has 0 spiro atoms. The van der Waals surface area contributed by atoms with Gasteiger partial charge in [-0.2, -0.15) is 0 Å². The molecule has 1 aromatic carbocycles. The van der Waals surface area contributed by atoms with Gasteiger partial charge in [-0.3, -0.25) is 4.79 Å². The predicted molar refractivity (Wildman–Crippen MR) is 106 cm³/mol. The molecule has 0 saturated heterocycles. The van der Waals surface area contributed by atoms with E-state index in [2.05, 4.69) is 26.0 Å². The fraction of sp³-hybridized carbons (Fsp3) is 0.696. The average Bonchev–Trinajstić information content (AvgIpc) is 2.61. The zero-order chi connectivity index (χ0) is 17.5. The molecule has 0 aliphatic carbocycles. The summed E-state index contributed by atoms with van der Waals surface area (Å²) in [6.07, 6.45) is 19.3. The van der Waals surface area contributed by atoms with Crippen molar-refractivity contribution in [2.24, 2.45) is 0 Å². The van der Waals surface area contributed by atoms with Crippen LogP contribution < -0.4 is 0 Å². The van der Waals surface area contributed by atoms with Gasteiger partial charge in [-0.1, -0.05) is 90.2 Å². The SMILES string of the molecule is CCCCCCCCc1ccc(C=O)cc1CCCCCCCC. The van der Waals surface area contributed by atoms with Gasteiger partial charge in [0.2, 0.25) is 0 Å². The first-order chi connectivity index (χ1) is 11.8. The molecule has 24 heavy (non-hydrogen) atoms. The van der Waals surface area contributed by atoms with E-state index in [1.54, 1.807) is 0 Å². The highest BCUT2D eigenvalue weighted by Gasteiger charge is 2.05. The molecule has 0 aliphatic rings. The quantitative estimate of drug-likeness (QED) is 0.243. The van der Waals surface area contributed by atoms with Gasteiger partial charge < -0.3 is 0 Å². The second kappa shape index (κ2) is 14.3. The molecular weight excluding hydrogens is 292 g/mol. The Morgan fingerprint density at radius 1 is 0.667 bits per heavy atom. The molecule has 0 bridgehead atoms. The van der Waals surface area contributed by atoms with Crippen molar-refractivity contribution in [1.82, 2.24) is 0 Å². The maximum atomic E-state index is 11.1. The van der Waals surface area contributed by atoms with Crippen molar-refractivity contribution in [1.29, 1.82) is 0 Å². The van der Waals surface area contributed by atoms with Gasteiger partial charge in [0.1, 0.15) is 6.29 Å². The summed E-state index contributed by atoms with van der Waals surface area (Å²) in [6, 6.07) is 6.32. The lowest BCUT2D eigenvalue weighted by molar-refractivity contribution is 0.112. The van der Waals surface area contributed by atoms with Crippen LogP contribution in [-0.4, -0.2) is 6.29 Å². The van der Waals surface area contributed by atoms with Crippen LogP contribution in [-0.2, 0) is 12.8 Å². The second-order valence-corrected chi connectivity index (χ2v) is 7.18. The van der Waals surface area contributed by atoms with Gasteiger partial charge in [0.15, 0.2) is 0 Å². The van der Waals surface area contributed by atoms with Crippen molar-refractivity contribution in [2.45, 2.75) is 104 Å². The number of hydrogen-bond donors (Lipinski definition) is 0. The number of hydrogen-bond acceptors (Lipinski definition) is 1. The molecule has 1 nitrogen and oxygen atoms in total. The van der Waals surface area contributed by atoms with Crippen LogP contribution in [0.15, 0.2) is 18.2 Å². The third kappa shape index (κ3) is 9.25. The summed E-state index contributed by atoms with van der Waals surface area (Å²) in [6.45, 7) is 4.53. The molecule has 0 aromatic heterocycles. The van der Waals surface area contributed by atoms with Gasteiger partial charge >= 0.3 is 0 Å². The summed E-state index contributed by atoms with van der Waals surface area (Å²) >= 11 is 0. The normalized spacial score (nSPS) is 10.9. The number of rotatable bonds is 15. The fourth-order valence-corrected chi connectivity index (χ4v) is 3.39. The first-order valence-corrected chi connectivity index (χ1v) is 10.4. The van der Waals surface area contributed by atoms with E-state index in [1.807, 2.05) is 6.07 Å². The zero-order valence-corrected chi connectivity index (χ0v) is 16.1. The molecule has 0 N–H and O–H groups in total. The van der Waals surface area contributed by atoms with Crippen LogP contribution in [0.1, 0.15) is 112 Å². The lowest BCUT2D eigenvalue weighted by atomic mass is 9.95. The van der Waals surface area contributed by atoms with E-state index in [0.29, 0.717) is 0 Å². The van der Waals surface area contributed by atoms with Crippen LogP contribution >= 0.6 is 0 Å². The number of aldehydes is 1. The molecule has 1 heteroatoms. The number of unbranched alkanes of at least 4 members (excludes halogenated alkanes) is 10. The summed E-state index contributed by atoms with van der Waals surface area (Å²) < 4.78 is 0. The Hall–Kier alpha value is -1.11. The van der Waals surface area contributed by atoms with Gasteiger partial charge in [-0.25, -0.2) is 0 Å². The molecular formula is C23H38O. The maximum absolute atomic E-state index is 11.1. The third-order valence-electron chi connectivity index (χ3n) is 4.97. The predicted octanol–water partition coefficient (Wildman–Crippen LogP) is 7.31. The highest BCUT2D eigenvalue weighted by molar-refractivity contribution is 5.75. The van der Waals surface area contributed by atoms with E-state index in [1.165, 1.54) is 94.6 Å². The topological polar surface area (TPSA) is 17.1 Å². The Bertz CT molecular complexity index is 436. The fourth-order valence-electron chi connectivity index (χ4n) is 3.39. The molecule has 0 atom stereocenters. The zero-order valence-electron chi connectivity index (χ0n) is 16.1. The van der Waals surface area contributed by atoms with E-state index in [-0.39, 0.29) is 0 Å². The minimum Gasteiger partial charge on any atom is -0.298 e. The number of carbonyl (C=O) groups is 1. The lowest BCUT2D eigenvalue weighted by Gasteiger charge is -2.11. The number of benzene rings is 1. The Kier molecular flexibility index (Phi) is 12.4. The average molecular weight is 331 g/mol. The molecule has 0 unspecified atom stereocenters. The summed E-state index contributed by atoms with van der Waals surface area (Å²) in [5, 5.41) is 0. The molecule has 0 radical (unpaired) electrons. The smallest absolute Gasteiger partial charge is 0.150 e. The summed E-state index contributed by atoms with van der Waals surface area (Å²) in [5.41, 5.74) is 3.73. The molecule has 0 amide bonds. The number of carbonyl (C=O) groups excluding carboxylic acids is 1. The highest BCUT2D eigenvalue weighted by Crippen LogP contribution is 2.19. The van der Waals surface area contributed by atoms with Crippen LogP contribution in [0.4, 0.5) is 0 Å². The van der Waals surface area contributed by atoms with E-state index < -0.39 is 0 Å². The van der Waals surface area contributed by atoms with E-state index in [4.69, 9.17) is 0 Å². The largest absolute Gasteiger partial charge is 0.298 e. The standard InChI is InChI=1S/C23H38O/c1-3-5-7-9-11-13-15-22-18-17-21(20-24)19-23(22)16-14-12-10-8-6-4-2/h17-20H,3-16H2,1-2H3. The summed E-state index contributed by atoms with van der Waals surface area (Å²) in [7, 11) is 0. The van der Waals surface area contributed by atoms with Crippen LogP contribution in [0.5, 0.6) is 0 Å². The van der Waals surface area contributed by atoms with Crippen LogP contribution in [0, 0.1) is 0 Å². The Morgan fingerprint density at radius 2 is 1.17 bits per heavy atom. The van der Waals surface area contributed by atoms with Crippen molar-refractivity contribution in [3.63, 3.8) is 0 Å². The van der Waals surface area contributed by atoms with Crippen molar-refractivity contribution < 1.29 is 4.79 Å². The third-order valence-corrected chi connectivity index (χ3v) is 4.97.